The number of hydrogen-bond donors (Lipinski definition) is 1. The molecule has 118 valence electrons. The van der Waals surface area contributed by atoms with Crippen molar-refractivity contribution in [3.63, 3.8) is 0 Å². The summed E-state index contributed by atoms with van der Waals surface area (Å²) in [4.78, 5) is 2.54. The lowest BCUT2D eigenvalue weighted by Crippen LogP contribution is -2.53. The van der Waals surface area contributed by atoms with Gasteiger partial charge >= 0.3 is 0 Å². The van der Waals surface area contributed by atoms with Crippen LogP contribution >= 0.6 is 11.6 Å². The number of aliphatic hydroxyl groups excluding tert-OH is 1. The first-order chi connectivity index (χ1) is 10.2. The summed E-state index contributed by atoms with van der Waals surface area (Å²) in [5, 5.41) is 16.1. The van der Waals surface area contributed by atoms with Gasteiger partial charge in [-0.15, -0.1) is 0 Å². The van der Waals surface area contributed by atoms with Gasteiger partial charge < -0.3 is 5.11 Å². The second-order valence-electron chi connectivity index (χ2n) is 6.45. The maximum Gasteiger partial charge on any atom is 0.115 e. The predicted molar refractivity (Wildman–Crippen MR) is 84.5 cm³/mol. The van der Waals surface area contributed by atoms with Gasteiger partial charge in [0.15, 0.2) is 0 Å². The fourth-order valence-corrected chi connectivity index (χ4v) is 4.48. The molecule has 1 aliphatic heterocycles. The summed E-state index contributed by atoms with van der Waals surface area (Å²) in [5.74, 6) is 0. The molecule has 5 heteroatoms. The molecule has 0 spiro atoms. The molecular weight excluding hydrogens is 286 g/mol. The lowest BCUT2D eigenvalue weighted by Gasteiger charge is -2.46. The minimum Gasteiger partial charge on any atom is -0.385 e. The Balaban J connectivity index is 1.94. The summed E-state index contributed by atoms with van der Waals surface area (Å²) >= 11 is 6.34. The third kappa shape index (κ3) is 2.62. The largest absolute Gasteiger partial charge is 0.385 e. The Bertz CT molecular complexity index is 476. The summed E-state index contributed by atoms with van der Waals surface area (Å²) in [5.41, 5.74) is 0.684. The molecule has 2 heterocycles. The highest BCUT2D eigenvalue weighted by Crippen LogP contribution is 2.46. The number of piperidine rings is 1. The first kappa shape index (κ1) is 15.3. The van der Waals surface area contributed by atoms with Crippen molar-refractivity contribution in [2.45, 2.75) is 70.1 Å². The van der Waals surface area contributed by atoms with E-state index in [1.165, 1.54) is 32.1 Å². The van der Waals surface area contributed by atoms with Crippen LogP contribution in [-0.2, 0) is 6.54 Å². The highest BCUT2D eigenvalue weighted by Gasteiger charge is 2.47. The molecule has 0 bridgehead atoms. The minimum atomic E-state index is -0.534. The molecule has 2 fully saturated rings. The molecule has 1 saturated heterocycles. The van der Waals surface area contributed by atoms with E-state index in [9.17, 15) is 5.11 Å². The molecular formula is C16H26ClN3O. The van der Waals surface area contributed by atoms with Crippen LogP contribution in [-0.4, -0.2) is 38.4 Å². The molecule has 4 nitrogen and oxygen atoms in total. The van der Waals surface area contributed by atoms with Crippen LogP contribution in [0.25, 0.3) is 0 Å². The van der Waals surface area contributed by atoms with Crippen molar-refractivity contribution in [1.29, 1.82) is 0 Å². The molecule has 1 unspecified atom stereocenters. The number of nitrogens with zero attached hydrogens (tertiary/aromatic N) is 3. The quantitative estimate of drug-likeness (QED) is 0.926. The average molecular weight is 312 g/mol. The number of rotatable bonds is 4. The van der Waals surface area contributed by atoms with E-state index in [-0.39, 0.29) is 5.54 Å². The molecule has 3 rings (SSSR count). The second kappa shape index (κ2) is 6.27. The van der Waals surface area contributed by atoms with Crippen LogP contribution in [0.15, 0.2) is 6.20 Å². The van der Waals surface area contributed by atoms with E-state index >= 15 is 0 Å². The van der Waals surface area contributed by atoms with Gasteiger partial charge in [0.05, 0.1) is 22.5 Å². The normalized spacial score (nSPS) is 24.3. The number of halogens is 1. The maximum absolute atomic E-state index is 11.2. The lowest BCUT2D eigenvalue weighted by atomic mass is 9.84. The highest BCUT2D eigenvalue weighted by atomic mass is 35.5. The minimum absolute atomic E-state index is 0.128. The summed E-state index contributed by atoms with van der Waals surface area (Å²) in [6.45, 7) is 5.00. The first-order valence-corrected chi connectivity index (χ1v) is 8.71. The highest BCUT2D eigenvalue weighted by molar-refractivity contribution is 6.31. The Morgan fingerprint density at radius 2 is 1.90 bits per heavy atom. The summed E-state index contributed by atoms with van der Waals surface area (Å²) in [6, 6.07) is 0. The molecule has 1 atom stereocenters. The molecule has 1 aromatic rings. The number of aliphatic hydroxyl groups is 1. The van der Waals surface area contributed by atoms with Crippen molar-refractivity contribution in [1.82, 2.24) is 14.7 Å². The molecule has 2 aliphatic rings. The van der Waals surface area contributed by atoms with Crippen molar-refractivity contribution in [3.05, 3.63) is 16.9 Å². The van der Waals surface area contributed by atoms with Gasteiger partial charge in [-0.25, -0.2) is 0 Å². The standard InChI is InChI=1S/C16H26ClN3O/c1-2-20-14(13(17)12-18-20)15(21)16(8-4-5-9-16)19-10-6-3-7-11-19/h12,15,21H,2-11H2,1H3. The zero-order valence-corrected chi connectivity index (χ0v) is 13.6. The fraction of sp³-hybridized carbons (Fsp3) is 0.812. The van der Waals surface area contributed by atoms with Gasteiger partial charge in [-0.2, -0.15) is 5.10 Å². The predicted octanol–water partition coefficient (Wildman–Crippen LogP) is 3.39. The zero-order chi connectivity index (χ0) is 14.9. The summed E-state index contributed by atoms with van der Waals surface area (Å²) < 4.78 is 1.86. The molecule has 1 N–H and O–H groups in total. The summed E-state index contributed by atoms with van der Waals surface area (Å²) in [6.07, 6.45) is 9.48. The zero-order valence-electron chi connectivity index (χ0n) is 12.9. The second-order valence-corrected chi connectivity index (χ2v) is 6.86. The van der Waals surface area contributed by atoms with Crippen molar-refractivity contribution < 1.29 is 5.11 Å². The number of aryl methyl sites for hydroxylation is 1. The van der Waals surface area contributed by atoms with Gasteiger partial charge in [0.1, 0.15) is 6.10 Å². The van der Waals surface area contributed by atoms with Crippen LogP contribution < -0.4 is 0 Å². The van der Waals surface area contributed by atoms with Crippen LogP contribution in [0.1, 0.15) is 63.7 Å². The van der Waals surface area contributed by atoms with E-state index in [0.29, 0.717) is 5.02 Å². The molecule has 1 aliphatic carbocycles. The third-order valence-corrected chi connectivity index (χ3v) is 5.65. The number of aromatic nitrogens is 2. The Kier molecular flexibility index (Phi) is 4.57. The van der Waals surface area contributed by atoms with Gasteiger partial charge in [-0.1, -0.05) is 30.9 Å². The van der Waals surface area contributed by atoms with Crippen molar-refractivity contribution in [2.75, 3.05) is 13.1 Å². The van der Waals surface area contributed by atoms with E-state index in [2.05, 4.69) is 10.00 Å². The lowest BCUT2D eigenvalue weighted by molar-refractivity contribution is -0.0443. The van der Waals surface area contributed by atoms with Crippen LogP contribution in [0.5, 0.6) is 0 Å². The van der Waals surface area contributed by atoms with Crippen molar-refractivity contribution in [3.8, 4) is 0 Å². The van der Waals surface area contributed by atoms with Crippen molar-refractivity contribution >= 4 is 11.6 Å². The smallest absolute Gasteiger partial charge is 0.115 e. The molecule has 21 heavy (non-hydrogen) atoms. The Hall–Kier alpha value is -0.580. The molecule has 0 amide bonds. The fourth-order valence-electron chi connectivity index (χ4n) is 4.24. The molecule has 1 saturated carbocycles. The van der Waals surface area contributed by atoms with E-state index in [4.69, 9.17) is 11.6 Å². The molecule has 0 radical (unpaired) electrons. The Morgan fingerprint density at radius 1 is 1.24 bits per heavy atom. The van der Waals surface area contributed by atoms with Crippen LogP contribution in [0, 0.1) is 0 Å². The Labute approximate surface area is 132 Å². The molecule has 1 aromatic heterocycles. The van der Waals surface area contributed by atoms with E-state index in [0.717, 1.165) is 38.2 Å². The van der Waals surface area contributed by atoms with Crippen LogP contribution in [0.3, 0.4) is 0 Å². The maximum atomic E-state index is 11.2. The summed E-state index contributed by atoms with van der Waals surface area (Å²) in [7, 11) is 0. The third-order valence-electron chi connectivity index (χ3n) is 5.36. The SMILES string of the molecule is CCn1ncc(Cl)c1C(O)C1(N2CCCCC2)CCCC1. The van der Waals surface area contributed by atoms with Crippen LogP contribution in [0.4, 0.5) is 0 Å². The van der Waals surface area contributed by atoms with Gasteiger partial charge in [-0.05, 0) is 45.7 Å². The topological polar surface area (TPSA) is 41.3 Å². The van der Waals surface area contributed by atoms with E-state index < -0.39 is 6.10 Å². The van der Waals surface area contributed by atoms with E-state index in [1.54, 1.807) is 6.20 Å². The van der Waals surface area contributed by atoms with Gasteiger partial charge in [0.2, 0.25) is 0 Å². The van der Waals surface area contributed by atoms with Crippen molar-refractivity contribution in [2.24, 2.45) is 0 Å². The Morgan fingerprint density at radius 3 is 2.52 bits per heavy atom. The monoisotopic (exact) mass is 311 g/mol. The van der Waals surface area contributed by atoms with Gasteiger partial charge in [0.25, 0.3) is 0 Å². The number of hydrogen-bond acceptors (Lipinski definition) is 3. The average Bonchev–Trinajstić information content (AvgIpc) is 3.15. The van der Waals surface area contributed by atoms with E-state index in [1.807, 2.05) is 11.6 Å². The van der Waals surface area contributed by atoms with Crippen LogP contribution in [0.2, 0.25) is 5.02 Å². The first-order valence-electron chi connectivity index (χ1n) is 8.33. The molecule has 0 aromatic carbocycles. The van der Waals surface area contributed by atoms with Gasteiger partial charge in [0, 0.05) is 6.54 Å². The number of likely N-dealkylation sites (tertiary alicyclic amines) is 1. The van der Waals surface area contributed by atoms with Gasteiger partial charge in [-0.3, -0.25) is 9.58 Å².